The molecule has 2 aromatic heterocycles. The number of hydrogen-bond acceptors (Lipinski definition) is 4. The molecule has 1 N–H and O–H groups in total. The summed E-state index contributed by atoms with van der Waals surface area (Å²) in [7, 11) is 2.01. The average molecular weight is 268 g/mol. The number of hydrogen-bond donors (Lipinski definition) is 1. The quantitative estimate of drug-likeness (QED) is 0.927. The zero-order valence-electron chi connectivity index (χ0n) is 12.1. The lowest BCUT2D eigenvalue weighted by molar-refractivity contribution is 0.434. The van der Waals surface area contributed by atoms with Gasteiger partial charge in [-0.1, -0.05) is 0 Å². The van der Waals surface area contributed by atoms with E-state index in [1.54, 1.807) is 0 Å². The van der Waals surface area contributed by atoms with Crippen LogP contribution < -0.4 is 5.32 Å². The Kier molecular flexibility index (Phi) is 3.74. The minimum atomic E-state index is 0.707. The molecule has 0 saturated carbocycles. The van der Waals surface area contributed by atoms with Gasteiger partial charge in [0, 0.05) is 18.1 Å². The first-order chi connectivity index (χ1) is 9.76. The van der Waals surface area contributed by atoms with Crippen molar-refractivity contribution in [1.82, 2.24) is 20.3 Å². The SMILES string of the molecule is CNCC1CCc2nc(-c3cc(C)ccn3)ncc2C1. The minimum absolute atomic E-state index is 0.707. The van der Waals surface area contributed by atoms with E-state index in [-0.39, 0.29) is 0 Å². The van der Waals surface area contributed by atoms with Crippen LogP contribution in [0.3, 0.4) is 0 Å². The van der Waals surface area contributed by atoms with E-state index in [9.17, 15) is 0 Å². The van der Waals surface area contributed by atoms with E-state index in [2.05, 4.69) is 22.2 Å². The summed E-state index contributed by atoms with van der Waals surface area (Å²) in [6.07, 6.45) is 7.13. The Hall–Kier alpha value is -1.81. The van der Waals surface area contributed by atoms with Gasteiger partial charge in [0.25, 0.3) is 0 Å². The molecular weight excluding hydrogens is 248 g/mol. The molecule has 0 fully saturated rings. The largest absolute Gasteiger partial charge is 0.319 e. The molecule has 0 aliphatic heterocycles. The molecule has 104 valence electrons. The van der Waals surface area contributed by atoms with Crippen LogP contribution in [-0.4, -0.2) is 28.5 Å². The third-order valence-corrected chi connectivity index (χ3v) is 3.89. The van der Waals surface area contributed by atoms with E-state index >= 15 is 0 Å². The molecule has 0 aromatic carbocycles. The van der Waals surface area contributed by atoms with Crippen LogP contribution in [0.25, 0.3) is 11.5 Å². The molecule has 2 aromatic rings. The van der Waals surface area contributed by atoms with Crippen molar-refractivity contribution in [3.63, 3.8) is 0 Å². The van der Waals surface area contributed by atoms with Gasteiger partial charge in [0.2, 0.25) is 0 Å². The van der Waals surface area contributed by atoms with Crippen LogP contribution in [0.1, 0.15) is 23.2 Å². The Bertz CT molecular complexity index is 609. The molecule has 0 saturated heterocycles. The van der Waals surface area contributed by atoms with Crippen molar-refractivity contribution in [3.8, 4) is 11.5 Å². The molecule has 20 heavy (non-hydrogen) atoms. The van der Waals surface area contributed by atoms with Gasteiger partial charge < -0.3 is 5.32 Å². The molecule has 1 unspecified atom stereocenters. The summed E-state index contributed by atoms with van der Waals surface area (Å²) in [4.78, 5) is 13.6. The van der Waals surface area contributed by atoms with Crippen molar-refractivity contribution in [3.05, 3.63) is 41.3 Å². The van der Waals surface area contributed by atoms with Crippen molar-refractivity contribution in [2.45, 2.75) is 26.2 Å². The van der Waals surface area contributed by atoms with Crippen LogP contribution in [0.5, 0.6) is 0 Å². The highest BCUT2D eigenvalue weighted by molar-refractivity contribution is 5.50. The highest BCUT2D eigenvalue weighted by Gasteiger charge is 2.20. The molecule has 4 nitrogen and oxygen atoms in total. The Morgan fingerprint density at radius 2 is 2.25 bits per heavy atom. The van der Waals surface area contributed by atoms with Crippen molar-refractivity contribution >= 4 is 0 Å². The summed E-state index contributed by atoms with van der Waals surface area (Å²) in [6, 6.07) is 4.03. The fourth-order valence-electron chi connectivity index (χ4n) is 2.83. The molecule has 0 spiro atoms. The zero-order valence-corrected chi connectivity index (χ0v) is 12.1. The fraction of sp³-hybridized carbons (Fsp3) is 0.438. The number of nitrogens with zero attached hydrogens (tertiary/aromatic N) is 3. The third-order valence-electron chi connectivity index (χ3n) is 3.89. The molecule has 0 radical (unpaired) electrons. The first-order valence-corrected chi connectivity index (χ1v) is 7.18. The number of aromatic nitrogens is 3. The highest BCUT2D eigenvalue weighted by atomic mass is 14.9. The second-order valence-corrected chi connectivity index (χ2v) is 5.55. The number of pyridine rings is 1. The van der Waals surface area contributed by atoms with E-state index in [4.69, 9.17) is 4.98 Å². The van der Waals surface area contributed by atoms with E-state index in [0.717, 1.165) is 30.9 Å². The molecule has 1 atom stereocenters. The van der Waals surface area contributed by atoms with E-state index in [0.29, 0.717) is 5.92 Å². The van der Waals surface area contributed by atoms with Gasteiger partial charge in [-0.15, -0.1) is 0 Å². The maximum absolute atomic E-state index is 4.73. The summed E-state index contributed by atoms with van der Waals surface area (Å²) in [5, 5.41) is 3.26. The molecule has 1 aliphatic carbocycles. The van der Waals surface area contributed by atoms with Crippen LogP contribution in [0.4, 0.5) is 0 Å². The second-order valence-electron chi connectivity index (χ2n) is 5.55. The standard InChI is InChI=1S/C16H20N4/c1-11-5-6-18-15(7-11)16-19-10-13-8-12(9-17-2)3-4-14(13)20-16/h5-7,10,12,17H,3-4,8-9H2,1-2H3. The third kappa shape index (κ3) is 2.70. The van der Waals surface area contributed by atoms with Crippen LogP contribution in [0, 0.1) is 12.8 Å². The van der Waals surface area contributed by atoms with Gasteiger partial charge in [-0.2, -0.15) is 0 Å². The van der Waals surface area contributed by atoms with Crippen molar-refractivity contribution in [1.29, 1.82) is 0 Å². The normalized spacial score (nSPS) is 17.8. The van der Waals surface area contributed by atoms with Crippen molar-refractivity contribution in [2.24, 2.45) is 5.92 Å². The van der Waals surface area contributed by atoms with Gasteiger partial charge in [-0.3, -0.25) is 4.98 Å². The Labute approximate surface area is 119 Å². The lowest BCUT2D eigenvalue weighted by Gasteiger charge is -2.23. The van der Waals surface area contributed by atoms with Gasteiger partial charge in [-0.05, 0) is 69.0 Å². The number of rotatable bonds is 3. The Morgan fingerprint density at radius 3 is 3.05 bits per heavy atom. The van der Waals surface area contributed by atoms with Gasteiger partial charge in [-0.25, -0.2) is 9.97 Å². The monoisotopic (exact) mass is 268 g/mol. The van der Waals surface area contributed by atoms with E-state index in [1.165, 1.54) is 23.2 Å². The fourth-order valence-corrected chi connectivity index (χ4v) is 2.83. The Morgan fingerprint density at radius 1 is 1.35 bits per heavy atom. The lowest BCUT2D eigenvalue weighted by Crippen LogP contribution is -2.25. The zero-order chi connectivity index (χ0) is 13.9. The van der Waals surface area contributed by atoms with Crippen LogP contribution in [0.15, 0.2) is 24.5 Å². The van der Waals surface area contributed by atoms with Gasteiger partial charge >= 0.3 is 0 Å². The van der Waals surface area contributed by atoms with Crippen molar-refractivity contribution in [2.75, 3.05) is 13.6 Å². The van der Waals surface area contributed by atoms with Crippen LogP contribution in [0.2, 0.25) is 0 Å². The molecule has 0 amide bonds. The number of fused-ring (bicyclic) bond motifs is 1. The molecule has 0 bridgehead atoms. The molecule has 4 heteroatoms. The molecule has 1 aliphatic rings. The summed E-state index contributed by atoms with van der Waals surface area (Å²) in [5.41, 5.74) is 4.55. The summed E-state index contributed by atoms with van der Waals surface area (Å²) >= 11 is 0. The van der Waals surface area contributed by atoms with Gasteiger partial charge in [0.05, 0.1) is 0 Å². The molecular formula is C16H20N4. The Balaban J connectivity index is 1.87. The number of nitrogens with one attached hydrogen (secondary N) is 1. The molecule has 3 rings (SSSR count). The van der Waals surface area contributed by atoms with E-state index in [1.807, 2.05) is 31.6 Å². The second kappa shape index (κ2) is 5.67. The highest BCUT2D eigenvalue weighted by Crippen LogP contribution is 2.25. The van der Waals surface area contributed by atoms with Crippen LogP contribution in [-0.2, 0) is 12.8 Å². The lowest BCUT2D eigenvalue weighted by atomic mass is 9.87. The maximum atomic E-state index is 4.73. The first-order valence-electron chi connectivity index (χ1n) is 7.18. The topological polar surface area (TPSA) is 50.7 Å². The predicted octanol–water partition coefficient (Wildman–Crippen LogP) is 2.17. The van der Waals surface area contributed by atoms with Crippen LogP contribution >= 0.6 is 0 Å². The minimum Gasteiger partial charge on any atom is -0.319 e. The summed E-state index contributed by atoms with van der Waals surface area (Å²) in [5.74, 6) is 1.46. The number of aryl methyl sites for hydroxylation is 2. The smallest absolute Gasteiger partial charge is 0.178 e. The van der Waals surface area contributed by atoms with E-state index < -0.39 is 0 Å². The average Bonchev–Trinajstić information content (AvgIpc) is 2.47. The summed E-state index contributed by atoms with van der Waals surface area (Å²) < 4.78 is 0. The summed E-state index contributed by atoms with van der Waals surface area (Å²) in [6.45, 7) is 3.13. The maximum Gasteiger partial charge on any atom is 0.178 e. The van der Waals surface area contributed by atoms with Gasteiger partial charge in [0.15, 0.2) is 5.82 Å². The molecule has 2 heterocycles. The van der Waals surface area contributed by atoms with Crippen molar-refractivity contribution < 1.29 is 0 Å². The predicted molar refractivity (Wildman–Crippen MR) is 79.4 cm³/mol. The first kappa shape index (κ1) is 13.2. The van der Waals surface area contributed by atoms with Gasteiger partial charge in [0.1, 0.15) is 5.69 Å².